The van der Waals surface area contributed by atoms with Crippen molar-refractivity contribution in [3.63, 3.8) is 0 Å². The molecule has 1 aliphatic heterocycles. The first-order valence-corrected chi connectivity index (χ1v) is 7.32. The van der Waals surface area contributed by atoms with Crippen LogP contribution in [-0.2, 0) is 16.1 Å². The summed E-state index contributed by atoms with van der Waals surface area (Å²) in [6.07, 6.45) is 2.76. The van der Waals surface area contributed by atoms with Crippen LogP contribution in [0.2, 0.25) is 0 Å². The van der Waals surface area contributed by atoms with Crippen molar-refractivity contribution in [2.24, 2.45) is 11.7 Å². The van der Waals surface area contributed by atoms with E-state index in [1.165, 1.54) is 10.9 Å². The number of halogens is 2. The molecule has 1 aromatic heterocycles. The quantitative estimate of drug-likeness (QED) is 0.917. The Labute approximate surface area is 130 Å². The number of primary amides is 1. The van der Waals surface area contributed by atoms with Crippen LogP contribution in [0.3, 0.4) is 0 Å². The Kier molecular flexibility index (Phi) is 3.97. The number of piperidine rings is 1. The smallest absolute Gasteiger partial charge is 0.242 e. The first kappa shape index (κ1) is 15.4. The third-order valence-corrected chi connectivity index (χ3v) is 4.15. The highest BCUT2D eigenvalue weighted by molar-refractivity contribution is 5.82. The maximum Gasteiger partial charge on any atom is 0.242 e. The summed E-state index contributed by atoms with van der Waals surface area (Å²) in [6.45, 7) is 0.801. The largest absolute Gasteiger partial charge is 0.369 e. The Morgan fingerprint density at radius 1 is 1.30 bits per heavy atom. The van der Waals surface area contributed by atoms with E-state index < -0.39 is 17.5 Å². The molecule has 0 radical (unpaired) electrons. The topological polar surface area (TPSA) is 81.2 Å². The third kappa shape index (κ3) is 3.01. The predicted octanol–water partition coefficient (Wildman–Crippen LogP) is 1.04. The van der Waals surface area contributed by atoms with Gasteiger partial charge in [-0.25, -0.2) is 13.8 Å². The second kappa shape index (κ2) is 5.94. The molecule has 6 nitrogen and oxygen atoms in total. The van der Waals surface area contributed by atoms with E-state index in [1.54, 1.807) is 4.90 Å². The monoisotopic (exact) mass is 322 g/mol. The van der Waals surface area contributed by atoms with E-state index >= 15 is 0 Å². The Hall–Kier alpha value is -2.51. The summed E-state index contributed by atoms with van der Waals surface area (Å²) in [6, 6.07) is 2.02. The molecule has 2 heterocycles. The van der Waals surface area contributed by atoms with Gasteiger partial charge in [0.2, 0.25) is 11.8 Å². The predicted molar refractivity (Wildman–Crippen MR) is 78.1 cm³/mol. The fourth-order valence-corrected chi connectivity index (χ4v) is 2.86. The lowest BCUT2D eigenvalue weighted by Gasteiger charge is -2.31. The van der Waals surface area contributed by atoms with E-state index in [2.05, 4.69) is 4.98 Å². The molecule has 2 N–H and O–H groups in total. The van der Waals surface area contributed by atoms with Crippen molar-refractivity contribution in [3.8, 4) is 0 Å². The number of hydrogen-bond acceptors (Lipinski definition) is 3. The molecule has 1 aromatic carbocycles. The summed E-state index contributed by atoms with van der Waals surface area (Å²) in [5.41, 5.74) is 5.93. The normalized spacial score (nSPS) is 18.3. The summed E-state index contributed by atoms with van der Waals surface area (Å²) >= 11 is 0. The van der Waals surface area contributed by atoms with Gasteiger partial charge in [-0.1, -0.05) is 0 Å². The van der Waals surface area contributed by atoms with Crippen molar-refractivity contribution in [3.05, 3.63) is 30.1 Å². The number of amides is 2. The Morgan fingerprint density at radius 2 is 2.04 bits per heavy atom. The molecule has 122 valence electrons. The van der Waals surface area contributed by atoms with E-state index in [1.807, 2.05) is 0 Å². The molecule has 1 aliphatic rings. The zero-order valence-electron chi connectivity index (χ0n) is 12.3. The zero-order valence-corrected chi connectivity index (χ0v) is 12.3. The molecular formula is C15H16F2N4O2. The van der Waals surface area contributed by atoms with Gasteiger partial charge in [0.15, 0.2) is 11.6 Å². The van der Waals surface area contributed by atoms with E-state index in [-0.39, 0.29) is 23.9 Å². The number of nitrogens with two attached hydrogens (primary N) is 1. The number of hydrogen-bond donors (Lipinski definition) is 1. The van der Waals surface area contributed by atoms with Crippen LogP contribution < -0.4 is 5.73 Å². The van der Waals surface area contributed by atoms with Gasteiger partial charge in [0.25, 0.3) is 0 Å². The van der Waals surface area contributed by atoms with Gasteiger partial charge >= 0.3 is 0 Å². The van der Waals surface area contributed by atoms with Crippen LogP contribution in [0.15, 0.2) is 18.5 Å². The van der Waals surface area contributed by atoms with E-state index in [0.29, 0.717) is 31.4 Å². The van der Waals surface area contributed by atoms with E-state index in [9.17, 15) is 18.4 Å². The maximum atomic E-state index is 13.4. The average Bonchev–Trinajstić information content (AvgIpc) is 2.90. The van der Waals surface area contributed by atoms with Gasteiger partial charge in [-0.3, -0.25) is 9.59 Å². The first-order valence-electron chi connectivity index (χ1n) is 7.32. The summed E-state index contributed by atoms with van der Waals surface area (Å²) in [5.74, 6) is -2.92. The molecule has 8 heteroatoms. The number of imidazole rings is 1. The third-order valence-electron chi connectivity index (χ3n) is 4.15. The Morgan fingerprint density at radius 3 is 2.78 bits per heavy atom. The summed E-state index contributed by atoms with van der Waals surface area (Å²) in [4.78, 5) is 29.2. The number of benzene rings is 1. The van der Waals surface area contributed by atoms with Gasteiger partial charge in [0, 0.05) is 25.2 Å². The minimum Gasteiger partial charge on any atom is -0.369 e. The maximum absolute atomic E-state index is 13.4. The van der Waals surface area contributed by atoms with Gasteiger partial charge in [-0.2, -0.15) is 0 Å². The number of fused-ring (bicyclic) bond motifs is 1. The summed E-state index contributed by atoms with van der Waals surface area (Å²) in [5, 5.41) is 0. The number of nitrogens with zero attached hydrogens (tertiary/aromatic N) is 3. The van der Waals surface area contributed by atoms with Crippen molar-refractivity contribution in [2.45, 2.75) is 19.4 Å². The van der Waals surface area contributed by atoms with Crippen LogP contribution in [0.25, 0.3) is 11.0 Å². The molecule has 2 aromatic rings. The second-order valence-corrected chi connectivity index (χ2v) is 5.71. The Balaban J connectivity index is 1.78. The fourth-order valence-electron chi connectivity index (χ4n) is 2.86. The molecule has 1 atom stereocenters. The molecule has 0 aliphatic carbocycles. The molecule has 1 saturated heterocycles. The minimum absolute atomic E-state index is 0.0486. The molecular weight excluding hydrogens is 306 g/mol. The standard InChI is InChI=1S/C15H16F2N4O2/c16-10-4-12-13(5-11(10)17)21(8-19-12)7-14(22)20-3-1-2-9(6-20)15(18)23/h4-5,8-9H,1-3,6-7H2,(H2,18,23). The molecule has 2 amide bonds. The highest BCUT2D eigenvalue weighted by Gasteiger charge is 2.27. The molecule has 1 unspecified atom stereocenters. The minimum atomic E-state index is -0.988. The lowest BCUT2D eigenvalue weighted by Crippen LogP contribution is -2.45. The molecule has 3 rings (SSSR count). The number of rotatable bonds is 3. The lowest BCUT2D eigenvalue weighted by atomic mass is 9.97. The van der Waals surface area contributed by atoms with Gasteiger partial charge < -0.3 is 15.2 Å². The van der Waals surface area contributed by atoms with Gasteiger partial charge in [-0.05, 0) is 12.8 Å². The molecule has 23 heavy (non-hydrogen) atoms. The molecule has 1 fully saturated rings. The first-order chi connectivity index (χ1) is 11.0. The van der Waals surface area contributed by atoms with E-state index in [4.69, 9.17) is 5.73 Å². The lowest BCUT2D eigenvalue weighted by molar-refractivity contribution is -0.135. The molecule has 0 bridgehead atoms. The van der Waals surface area contributed by atoms with Crippen molar-refractivity contribution in [1.29, 1.82) is 0 Å². The number of carbonyl (C=O) groups excluding carboxylic acids is 2. The Bertz CT molecular complexity index is 774. The summed E-state index contributed by atoms with van der Waals surface area (Å²) in [7, 11) is 0. The SMILES string of the molecule is NC(=O)C1CCCN(C(=O)Cn2cnc3cc(F)c(F)cc32)C1. The number of likely N-dealkylation sites (tertiary alicyclic amines) is 1. The molecule has 0 spiro atoms. The summed E-state index contributed by atoms with van der Waals surface area (Å²) < 4.78 is 28.0. The van der Waals surface area contributed by atoms with Crippen LogP contribution in [0, 0.1) is 17.6 Å². The average molecular weight is 322 g/mol. The van der Waals surface area contributed by atoms with Crippen LogP contribution in [0.1, 0.15) is 12.8 Å². The second-order valence-electron chi connectivity index (χ2n) is 5.71. The van der Waals surface area contributed by atoms with Crippen molar-refractivity contribution >= 4 is 22.8 Å². The highest BCUT2D eigenvalue weighted by atomic mass is 19.2. The molecule has 0 saturated carbocycles. The van der Waals surface area contributed by atoms with Crippen LogP contribution >= 0.6 is 0 Å². The van der Waals surface area contributed by atoms with Crippen molar-refractivity contribution < 1.29 is 18.4 Å². The highest BCUT2D eigenvalue weighted by Crippen LogP contribution is 2.19. The van der Waals surface area contributed by atoms with Crippen molar-refractivity contribution in [2.75, 3.05) is 13.1 Å². The van der Waals surface area contributed by atoms with E-state index in [0.717, 1.165) is 12.1 Å². The van der Waals surface area contributed by atoms with Crippen LogP contribution in [-0.4, -0.2) is 39.4 Å². The number of aromatic nitrogens is 2. The van der Waals surface area contributed by atoms with Crippen LogP contribution in [0.4, 0.5) is 8.78 Å². The zero-order chi connectivity index (χ0) is 16.6. The van der Waals surface area contributed by atoms with Gasteiger partial charge in [0.05, 0.1) is 23.3 Å². The van der Waals surface area contributed by atoms with Crippen LogP contribution in [0.5, 0.6) is 0 Å². The van der Waals surface area contributed by atoms with Crippen molar-refractivity contribution in [1.82, 2.24) is 14.5 Å². The number of carbonyl (C=O) groups is 2. The fraction of sp³-hybridized carbons (Fsp3) is 0.400. The van der Waals surface area contributed by atoms with Gasteiger partial charge in [0.1, 0.15) is 6.54 Å². The van der Waals surface area contributed by atoms with Gasteiger partial charge in [-0.15, -0.1) is 0 Å².